The number of nitrogens with zero attached hydrogens (tertiary/aromatic N) is 1. The topological polar surface area (TPSA) is 81.5 Å². The minimum absolute atomic E-state index is 0.0178. The number of benzene rings is 2. The molecule has 1 aromatic heterocycles. The molecule has 3 rings (SSSR count). The Morgan fingerprint density at radius 2 is 1.93 bits per heavy atom. The Hall–Kier alpha value is -3.19. The Morgan fingerprint density at radius 3 is 2.63 bits per heavy atom. The summed E-state index contributed by atoms with van der Waals surface area (Å²) in [6, 6.07) is 15.4. The molecule has 0 spiro atoms. The summed E-state index contributed by atoms with van der Waals surface area (Å²) < 4.78 is 5.63. The first-order valence-corrected chi connectivity index (χ1v) is 9.28. The van der Waals surface area contributed by atoms with Gasteiger partial charge in [0.05, 0.1) is 9.80 Å². The molecule has 27 heavy (non-hydrogen) atoms. The van der Waals surface area contributed by atoms with Crippen molar-refractivity contribution in [1.29, 1.82) is 0 Å². The molecule has 0 aliphatic rings. The number of thiophene rings is 1. The molecule has 0 radical (unpaired) electrons. The zero-order valence-corrected chi connectivity index (χ0v) is 15.5. The summed E-state index contributed by atoms with van der Waals surface area (Å²) in [4.78, 5) is 23.3. The van der Waals surface area contributed by atoms with Gasteiger partial charge >= 0.3 is 0 Å². The average Bonchev–Trinajstić information content (AvgIpc) is 3.16. The van der Waals surface area contributed by atoms with Crippen molar-refractivity contribution in [2.24, 2.45) is 0 Å². The van der Waals surface area contributed by atoms with Gasteiger partial charge in [0.2, 0.25) is 0 Å². The predicted octanol–water partition coefficient (Wildman–Crippen LogP) is 5.05. The van der Waals surface area contributed by atoms with Crippen LogP contribution in [0.25, 0.3) is 0 Å². The van der Waals surface area contributed by atoms with E-state index in [0.29, 0.717) is 10.6 Å². The highest BCUT2D eigenvalue weighted by atomic mass is 32.1. The zero-order chi connectivity index (χ0) is 19.2. The van der Waals surface area contributed by atoms with E-state index >= 15 is 0 Å². The molecule has 0 atom stereocenters. The van der Waals surface area contributed by atoms with Crippen LogP contribution in [0.15, 0.2) is 60.0 Å². The second-order valence-corrected chi connectivity index (χ2v) is 6.73. The lowest BCUT2D eigenvalue weighted by molar-refractivity contribution is -0.384. The molecule has 1 amide bonds. The van der Waals surface area contributed by atoms with Crippen LogP contribution < -0.4 is 10.1 Å². The molecular weight excluding hydrogens is 364 g/mol. The molecule has 0 aliphatic heterocycles. The number of aryl methyl sites for hydroxylation is 1. The van der Waals surface area contributed by atoms with Gasteiger partial charge in [-0.05, 0) is 41.6 Å². The van der Waals surface area contributed by atoms with E-state index in [4.69, 9.17) is 4.74 Å². The molecule has 3 aromatic rings. The van der Waals surface area contributed by atoms with Crippen LogP contribution >= 0.6 is 11.3 Å². The van der Waals surface area contributed by atoms with Crippen LogP contribution in [0.5, 0.6) is 5.75 Å². The summed E-state index contributed by atoms with van der Waals surface area (Å²) in [7, 11) is 0. The molecule has 7 heteroatoms. The van der Waals surface area contributed by atoms with Crippen LogP contribution in [0.3, 0.4) is 0 Å². The standard InChI is InChI=1S/C20H18N2O4S/c1-2-15-5-3-4-6-18(15)21-20(23)19-11-14(13-27-19)12-26-17-9-7-16(8-10-17)22(24)25/h3-11,13H,2,12H2,1H3,(H,21,23). The molecule has 0 unspecified atom stereocenters. The van der Waals surface area contributed by atoms with Crippen molar-refractivity contribution in [3.63, 3.8) is 0 Å². The van der Waals surface area contributed by atoms with Gasteiger partial charge in [0.15, 0.2) is 0 Å². The number of carbonyl (C=O) groups excluding carboxylic acids is 1. The highest BCUT2D eigenvalue weighted by molar-refractivity contribution is 7.12. The fraction of sp³-hybridized carbons (Fsp3) is 0.150. The molecule has 6 nitrogen and oxygen atoms in total. The van der Waals surface area contributed by atoms with E-state index < -0.39 is 4.92 Å². The molecule has 138 valence electrons. The van der Waals surface area contributed by atoms with E-state index in [1.54, 1.807) is 18.2 Å². The largest absolute Gasteiger partial charge is 0.489 e. The highest BCUT2D eigenvalue weighted by Crippen LogP contribution is 2.22. The SMILES string of the molecule is CCc1ccccc1NC(=O)c1cc(COc2ccc([N+](=O)[O-])cc2)cs1. The zero-order valence-electron chi connectivity index (χ0n) is 14.7. The van der Waals surface area contributed by atoms with Gasteiger partial charge in [-0.15, -0.1) is 11.3 Å². The van der Waals surface area contributed by atoms with E-state index in [1.807, 2.05) is 36.6 Å². The molecule has 0 saturated carbocycles. The van der Waals surface area contributed by atoms with Crippen molar-refractivity contribution in [3.8, 4) is 5.75 Å². The highest BCUT2D eigenvalue weighted by Gasteiger charge is 2.12. The third-order valence-corrected chi connectivity index (χ3v) is 4.95. The summed E-state index contributed by atoms with van der Waals surface area (Å²) in [5, 5.41) is 15.5. The number of nitro groups is 1. The minimum atomic E-state index is -0.454. The van der Waals surface area contributed by atoms with Crippen molar-refractivity contribution in [3.05, 3.63) is 86.1 Å². The predicted molar refractivity (Wildman–Crippen MR) is 106 cm³/mol. The van der Waals surface area contributed by atoms with Crippen LogP contribution in [0.4, 0.5) is 11.4 Å². The fourth-order valence-electron chi connectivity index (χ4n) is 2.54. The number of rotatable bonds is 7. The van der Waals surface area contributed by atoms with Crippen LogP contribution in [0, 0.1) is 10.1 Å². The number of amides is 1. The van der Waals surface area contributed by atoms with Crippen LogP contribution in [-0.2, 0) is 13.0 Å². The number of non-ortho nitro benzene ring substituents is 1. The third-order valence-electron chi connectivity index (χ3n) is 3.98. The molecule has 0 aliphatic carbocycles. The van der Waals surface area contributed by atoms with Gasteiger partial charge in [-0.25, -0.2) is 0 Å². The number of nitrogens with one attached hydrogen (secondary N) is 1. The van der Waals surface area contributed by atoms with Gasteiger partial charge in [0, 0.05) is 23.4 Å². The van der Waals surface area contributed by atoms with E-state index in [1.165, 1.54) is 23.5 Å². The first kappa shape index (κ1) is 18.6. The van der Waals surface area contributed by atoms with E-state index in [0.717, 1.165) is 23.2 Å². The van der Waals surface area contributed by atoms with Crippen molar-refractivity contribution in [2.45, 2.75) is 20.0 Å². The van der Waals surface area contributed by atoms with Gasteiger partial charge in [0.1, 0.15) is 12.4 Å². The van der Waals surface area contributed by atoms with Crippen molar-refractivity contribution >= 4 is 28.6 Å². The second kappa shape index (κ2) is 8.46. The molecule has 1 N–H and O–H groups in total. The van der Waals surface area contributed by atoms with Gasteiger partial charge in [0.25, 0.3) is 11.6 Å². The minimum Gasteiger partial charge on any atom is -0.489 e. The number of hydrogen-bond acceptors (Lipinski definition) is 5. The first-order valence-electron chi connectivity index (χ1n) is 8.40. The quantitative estimate of drug-likeness (QED) is 0.458. The molecular formula is C20H18N2O4S. The number of nitro benzene ring substituents is 1. The summed E-state index contributed by atoms with van der Waals surface area (Å²) in [5.74, 6) is 0.386. The summed E-state index contributed by atoms with van der Waals surface area (Å²) >= 11 is 1.35. The van der Waals surface area contributed by atoms with Crippen LogP contribution in [0.2, 0.25) is 0 Å². The smallest absolute Gasteiger partial charge is 0.269 e. The number of anilines is 1. The maximum atomic E-state index is 12.5. The van der Waals surface area contributed by atoms with Crippen molar-refractivity contribution < 1.29 is 14.5 Å². The van der Waals surface area contributed by atoms with Crippen LogP contribution in [0.1, 0.15) is 27.7 Å². The summed E-state index contributed by atoms with van der Waals surface area (Å²) in [6.07, 6.45) is 0.842. The molecule has 0 fully saturated rings. The van der Waals surface area contributed by atoms with Gasteiger partial charge in [-0.3, -0.25) is 14.9 Å². The molecule has 0 saturated heterocycles. The first-order chi connectivity index (χ1) is 13.1. The Morgan fingerprint density at radius 1 is 1.19 bits per heavy atom. The lowest BCUT2D eigenvalue weighted by Crippen LogP contribution is -2.11. The van der Waals surface area contributed by atoms with Crippen molar-refractivity contribution in [1.82, 2.24) is 0 Å². The Balaban J connectivity index is 1.60. The maximum Gasteiger partial charge on any atom is 0.269 e. The van der Waals surface area contributed by atoms with Gasteiger partial charge in [-0.1, -0.05) is 25.1 Å². The Bertz CT molecular complexity index is 951. The summed E-state index contributed by atoms with van der Waals surface area (Å²) in [5.41, 5.74) is 2.79. The van der Waals surface area contributed by atoms with Gasteiger partial charge < -0.3 is 10.1 Å². The van der Waals surface area contributed by atoms with Crippen LogP contribution in [-0.4, -0.2) is 10.8 Å². The number of para-hydroxylation sites is 1. The van der Waals surface area contributed by atoms with E-state index in [2.05, 4.69) is 5.32 Å². The Kier molecular flexibility index (Phi) is 5.83. The number of ether oxygens (including phenoxy) is 1. The molecule has 2 aromatic carbocycles. The molecule has 0 bridgehead atoms. The Labute approximate surface area is 160 Å². The van der Waals surface area contributed by atoms with Gasteiger partial charge in [-0.2, -0.15) is 0 Å². The monoisotopic (exact) mass is 382 g/mol. The second-order valence-electron chi connectivity index (χ2n) is 5.82. The third kappa shape index (κ3) is 4.71. The number of carbonyl (C=O) groups is 1. The normalized spacial score (nSPS) is 10.4. The molecule has 1 heterocycles. The summed E-state index contributed by atoms with van der Waals surface area (Å²) in [6.45, 7) is 2.33. The lowest BCUT2D eigenvalue weighted by atomic mass is 10.1. The van der Waals surface area contributed by atoms with E-state index in [-0.39, 0.29) is 18.2 Å². The lowest BCUT2D eigenvalue weighted by Gasteiger charge is -2.08. The average molecular weight is 382 g/mol. The maximum absolute atomic E-state index is 12.5. The van der Waals surface area contributed by atoms with E-state index in [9.17, 15) is 14.9 Å². The van der Waals surface area contributed by atoms with Crippen molar-refractivity contribution in [2.75, 3.05) is 5.32 Å². The fourth-order valence-corrected chi connectivity index (χ4v) is 3.33. The number of hydrogen-bond donors (Lipinski definition) is 1.